The van der Waals surface area contributed by atoms with Gasteiger partial charge in [0.2, 0.25) is 0 Å². The smallest absolute Gasteiger partial charge is 0.326 e. The van der Waals surface area contributed by atoms with Gasteiger partial charge in [0.05, 0.1) is 23.4 Å². The number of hydrogen-bond acceptors (Lipinski definition) is 8. The fourth-order valence-corrected chi connectivity index (χ4v) is 4.86. The van der Waals surface area contributed by atoms with Crippen molar-refractivity contribution in [2.24, 2.45) is 0 Å². The number of hydrogen-bond donors (Lipinski definition) is 4. The van der Waals surface area contributed by atoms with Crippen molar-refractivity contribution >= 4 is 52.5 Å². The maximum atomic E-state index is 12.1. The number of carboxylic acid groups (broad SMARTS) is 1. The highest BCUT2D eigenvalue weighted by Gasteiger charge is 2.24. The van der Waals surface area contributed by atoms with Gasteiger partial charge >= 0.3 is 12.0 Å². The van der Waals surface area contributed by atoms with Crippen LogP contribution in [0.1, 0.15) is 36.1 Å². The van der Waals surface area contributed by atoms with Gasteiger partial charge < -0.3 is 20.5 Å². The third-order valence-electron chi connectivity index (χ3n) is 5.94. The molecule has 1 aliphatic rings. The number of ether oxygens (including phenoxy) is 1. The fraction of sp³-hybridized carbons (Fsp3) is 0.222. The van der Waals surface area contributed by atoms with Crippen molar-refractivity contribution in [3.8, 4) is 16.3 Å². The molecule has 11 nitrogen and oxygen atoms in total. The molecule has 39 heavy (non-hydrogen) atoms. The van der Waals surface area contributed by atoms with Gasteiger partial charge in [-0.05, 0) is 68.7 Å². The number of rotatable bonds is 11. The molecule has 0 radical (unpaired) electrons. The Kier molecular flexibility index (Phi) is 7.55. The molecule has 0 bridgehead atoms. The maximum Gasteiger partial charge on any atom is 0.326 e. The van der Waals surface area contributed by atoms with E-state index >= 15 is 0 Å². The number of nitrogens with zero attached hydrogens (tertiary/aromatic N) is 3. The minimum atomic E-state index is -0.777. The summed E-state index contributed by atoms with van der Waals surface area (Å²) in [5, 5.41) is 21.3. The second kappa shape index (κ2) is 11.4. The molecule has 1 saturated heterocycles. The van der Waals surface area contributed by atoms with E-state index in [0.29, 0.717) is 30.1 Å². The Labute approximate surface area is 227 Å². The molecule has 0 spiro atoms. The van der Waals surface area contributed by atoms with Crippen LogP contribution < -0.4 is 20.7 Å². The first-order valence-corrected chi connectivity index (χ1v) is 13.2. The first-order chi connectivity index (χ1) is 18.9. The number of amides is 3. The third kappa shape index (κ3) is 6.24. The number of aromatic nitrogens is 3. The van der Waals surface area contributed by atoms with Gasteiger partial charge in [0.15, 0.2) is 5.65 Å². The van der Waals surface area contributed by atoms with Crippen molar-refractivity contribution in [1.82, 2.24) is 25.2 Å². The van der Waals surface area contributed by atoms with Crippen LogP contribution in [-0.4, -0.2) is 44.2 Å². The van der Waals surface area contributed by atoms with Crippen molar-refractivity contribution in [2.75, 3.05) is 11.9 Å². The number of carbonyl (C=O) groups excluding carboxylic acids is 2. The van der Waals surface area contributed by atoms with E-state index < -0.39 is 17.9 Å². The van der Waals surface area contributed by atoms with Crippen molar-refractivity contribution in [3.63, 3.8) is 0 Å². The van der Waals surface area contributed by atoms with Crippen molar-refractivity contribution in [1.29, 1.82) is 0 Å². The molecule has 12 heteroatoms. The van der Waals surface area contributed by atoms with Crippen LogP contribution in [0.2, 0.25) is 0 Å². The first-order valence-electron chi connectivity index (χ1n) is 12.4. The van der Waals surface area contributed by atoms with E-state index in [9.17, 15) is 14.4 Å². The molecule has 4 N–H and O–H groups in total. The van der Waals surface area contributed by atoms with Crippen LogP contribution in [0.3, 0.4) is 0 Å². The van der Waals surface area contributed by atoms with E-state index in [1.54, 1.807) is 28.1 Å². The molecule has 3 amide bonds. The zero-order valence-corrected chi connectivity index (χ0v) is 21.9. The molecule has 0 aliphatic carbocycles. The molecule has 0 atom stereocenters. The van der Waals surface area contributed by atoms with Gasteiger partial charge in [-0.2, -0.15) is 9.61 Å². The Balaban J connectivity index is 1.37. The Morgan fingerprint density at radius 1 is 1.13 bits per heavy atom. The molecule has 4 heterocycles. The zero-order valence-electron chi connectivity index (χ0n) is 21.1. The number of urea groups is 1. The second-order valence-corrected chi connectivity index (χ2v) is 10.2. The van der Waals surface area contributed by atoms with E-state index in [-0.39, 0.29) is 12.1 Å². The summed E-state index contributed by atoms with van der Waals surface area (Å²) in [5.74, 6) is 0.0995. The summed E-state index contributed by atoms with van der Waals surface area (Å²) in [7, 11) is 0. The minimum absolute atomic E-state index is 0.126. The highest BCUT2D eigenvalue weighted by atomic mass is 32.1. The van der Waals surface area contributed by atoms with Crippen LogP contribution in [0.4, 0.5) is 16.3 Å². The summed E-state index contributed by atoms with van der Waals surface area (Å²) >= 11 is 1.62. The van der Waals surface area contributed by atoms with E-state index in [1.165, 1.54) is 0 Å². The minimum Gasteiger partial charge on any atom is -0.494 e. The van der Waals surface area contributed by atoms with Crippen molar-refractivity contribution in [3.05, 3.63) is 64.8 Å². The van der Waals surface area contributed by atoms with Crippen LogP contribution in [0, 0.1) is 6.92 Å². The van der Waals surface area contributed by atoms with Gasteiger partial charge in [-0.15, -0.1) is 11.3 Å². The summed E-state index contributed by atoms with van der Waals surface area (Å²) in [6, 6.07) is 12.9. The first kappa shape index (κ1) is 25.9. The Morgan fingerprint density at radius 2 is 1.95 bits per heavy atom. The summed E-state index contributed by atoms with van der Waals surface area (Å²) < 4.78 is 7.43. The molecule has 1 fully saturated rings. The van der Waals surface area contributed by atoms with E-state index in [2.05, 4.69) is 21.0 Å². The topological polar surface area (TPSA) is 147 Å². The number of thiophene rings is 1. The average molecular weight is 547 g/mol. The van der Waals surface area contributed by atoms with Gasteiger partial charge in [-0.3, -0.25) is 14.9 Å². The summed E-state index contributed by atoms with van der Waals surface area (Å²) in [6.45, 7) is 2.55. The molecule has 3 aromatic heterocycles. The number of imide groups is 1. The number of fused-ring (bicyclic) bond motifs is 1. The summed E-state index contributed by atoms with van der Waals surface area (Å²) in [5.41, 5.74) is 2.77. The molecule has 5 rings (SSSR count). The molecule has 1 aromatic carbocycles. The lowest BCUT2D eigenvalue weighted by molar-refractivity contribution is -0.137. The predicted molar refractivity (Wildman–Crippen MR) is 147 cm³/mol. The lowest BCUT2D eigenvalue weighted by Crippen LogP contribution is -2.22. The molecule has 1 aliphatic heterocycles. The third-order valence-corrected chi connectivity index (χ3v) is 6.97. The normalized spacial score (nSPS) is 14.0. The zero-order chi connectivity index (χ0) is 27.4. The van der Waals surface area contributed by atoms with E-state index in [0.717, 1.165) is 39.7 Å². The standard InChI is InChI=1S/C27H26N6O5S/c1-16-6-11-22(39-16)20-14-23(29-18-7-9-19(10-8-18)38-12-4-2-3-5-24(34)35)33-25(30-20)17(15-28-33)13-21-26(36)32-27(37)31-21/h6-11,13-15,29H,2-5,12H2,1H3,(H,34,35)(H2,31,32,36,37). The number of aliphatic carboxylic acids is 1. The number of aryl methyl sites for hydroxylation is 1. The lowest BCUT2D eigenvalue weighted by Gasteiger charge is -2.12. The molecular weight excluding hydrogens is 520 g/mol. The predicted octanol–water partition coefficient (Wildman–Crippen LogP) is 4.71. The highest BCUT2D eigenvalue weighted by molar-refractivity contribution is 7.15. The second-order valence-electron chi connectivity index (χ2n) is 8.94. The Hall–Kier alpha value is -4.71. The van der Waals surface area contributed by atoms with Crippen molar-refractivity contribution < 1.29 is 24.2 Å². The van der Waals surface area contributed by atoms with E-state index in [4.69, 9.17) is 14.8 Å². The number of anilines is 2. The monoisotopic (exact) mass is 546 g/mol. The fourth-order valence-electron chi connectivity index (χ4n) is 4.03. The highest BCUT2D eigenvalue weighted by Crippen LogP contribution is 2.31. The van der Waals surface area contributed by atoms with Crippen LogP contribution in [-0.2, 0) is 9.59 Å². The van der Waals surface area contributed by atoms with Crippen LogP contribution in [0.15, 0.2) is 54.4 Å². The SMILES string of the molecule is Cc1ccc(-c2cc(Nc3ccc(OCCCCCC(=O)O)cc3)n3ncc(C=C4NC(=O)NC4=O)c3n2)s1. The molecule has 0 unspecified atom stereocenters. The number of carbonyl (C=O) groups is 3. The molecule has 200 valence electrons. The Morgan fingerprint density at radius 3 is 2.64 bits per heavy atom. The lowest BCUT2D eigenvalue weighted by atomic mass is 10.2. The largest absolute Gasteiger partial charge is 0.494 e. The van der Waals surface area contributed by atoms with Crippen LogP contribution in [0.25, 0.3) is 22.3 Å². The van der Waals surface area contributed by atoms with Gasteiger partial charge in [0.1, 0.15) is 17.3 Å². The number of carboxylic acids is 1. The quantitative estimate of drug-likeness (QED) is 0.120. The average Bonchev–Trinajstić information content (AvgIpc) is 3.61. The number of nitrogens with one attached hydrogen (secondary N) is 3. The molecular formula is C27H26N6O5S. The van der Waals surface area contributed by atoms with Crippen molar-refractivity contribution in [2.45, 2.75) is 32.6 Å². The Bertz CT molecular complexity index is 1570. The maximum absolute atomic E-state index is 12.1. The van der Waals surface area contributed by atoms with Crippen LogP contribution >= 0.6 is 11.3 Å². The molecule has 4 aromatic rings. The summed E-state index contributed by atoms with van der Waals surface area (Å²) in [4.78, 5) is 41.2. The van der Waals surface area contributed by atoms with E-state index in [1.807, 2.05) is 49.4 Å². The van der Waals surface area contributed by atoms with Gasteiger partial charge in [0.25, 0.3) is 5.91 Å². The van der Waals surface area contributed by atoms with Gasteiger partial charge in [0, 0.05) is 28.6 Å². The number of benzene rings is 1. The number of unbranched alkanes of at least 4 members (excludes halogenated alkanes) is 2. The molecule has 0 saturated carbocycles. The van der Waals surface area contributed by atoms with Crippen LogP contribution in [0.5, 0.6) is 5.75 Å². The summed E-state index contributed by atoms with van der Waals surface area (Å²) in [6.07, 6.45) is 5.55. The van der Waals surface area contributed by atoms with Gasteiger partial charge in [-0.1, -0.05) is 0 Å². The van der Waals surface area contributed by atoms with Gasteiger partial charge in [-0.25, -0.2) is 9.78 Å².